The summed E-state index contributed by atoms with van der Waals surface area (Å²) < 4.78 is 4.58. The molecule has 0 unspecified atom stereocenters. The Hall–Kier alpha value is -2.04. The second-order valence-corrected chi connectivity index (χ2v) is 7.71. The fourth-order valence-corrected chi connectivity index (χ4v) is 4.55. The molecular formula is C19H26N2O3. The quantitative estimate of drug-likeness (QED) is 0.927. The van der Waals surface area contributed by atoms with Crippen molar-refractivity contribution in [1.82, 2.24) is 10.2 Å². The molecule has 0 radical (unpaired) electrons. The predicted molar refractivity (Wildman–Crippen MR) is 91.6 cm³/mol. The van der Waals surface area contributed by atoms with Gasteiger partial charge in [-0.3, -0.25) is 4.79 Å². The molecule has 1 aromatic rings. The van der Waals surface area contributed by atoms with E-state index in [2.05, 4.69) is 40.4 Å². The standard InChI is InChI=1S/C19H24N2O3.H2/c1-24-18(23)20-16-7-14(8-16)17(22)21-11-19(12-21)9-15(10-19)13-5-3-2-4-6-13;/h2-6,14-16H,7-12H2,1H3,(H,20,23);1H. The van der Waals surface area contributed by atoms with Crippen molar-refractivity contribution in [1.29, 1.82) is 0 Å². The first-order valence-corrected chi connectivity index (χ1v) is 8.77. The van der Waals surface area contributed by atoms with Gasteiger partial charge >= 0.3 is 6.09 Å². The van der Waals surface area contributed by atoms with Crippen molar-refractivity contribution in [3.05, 3.63) is 35.9 Å². The highest BCUT2D eigenvalue weighted by Crippen LogP contribution is 2.56. The van der Waals surface area contributed by atoms with E-state index in [0.717, 1.165) is 25.9 Å². The van der Waals surface area contributed by atoms with Crippen LogP contribution in [0.1, 0.15) is 38.6 Å². The minimum Gasteiger partial charge on any atom is -0.453 e. The van der Waals surface area contributed by atoms with Gasteiger partial charge in [0.25, 0.3) is 0 Å². The molecule has 0 aromatic heterocycles. The summed E-state index contributed by atoms with van der Waals surface area (Å²) >= 11 is 0. The van der Waals surface area contributed by atoms with Crippen LogP contribution < -0.4 is 5.32 Å². The third-order valence-electron chi connectivity index (χ3n) is 5.99. The van der Waals surface area contributed by atoms with Crippen molar-refractivity contribution < 1.29 is 15.8 Å². The molecule has 1 aliphatic heterocycles. The maximum Gasteiger partial charge on any atom is 0.407 e. The van der Waals surface area contributed by atoms with Gasteiger partial charge in [-0.1, -0.05) is 30.3 Å². The molecule has 24 heavy (non-hydrogen) atoms. The van der Waals surface area contributed by atoms with Crippen molar-refractivity contribution in [3.8, 4) is 0 Å². The maximum absolute atomic E-state index is 12.5. The van der Waals surface area contributed by atoms with Crippen LogP contribution in [0.4, 0.5) is 4.79 Å². The van der Waals surface area contributed by atoms with Gasteiger partial charge in [-0.25, -0.2) is 4.79 Å². The van der Waals surface area contributed by atoms with E-state index in [1.54, 1.807) is 0 Å². The van der Waals surface area contributed by atoms with E-state index in [9.17, 15) is 9.59 Å². The van der Waals surface area contributed by atoms with Crippen molar-refractivity contribution in [3.63, 3.8) is 0 Å². The zero-order valence-electron chi connectivity index (χ0n) is 14.0. The second-order valence-electron chi connectivity index (χ2n) is 7.71. The lowest BCUT2D eigenvalue weighted by Gasteiger charge is -2.60. The number of ether oxygens (including phenoxy) is 1. The maximum atomic E-state index is 12.5. The van der Waals surface area contributed by atoms with Crippen molar-refractivity contribution in [2.45, 2.75) is 37.6 Å². The molecule has 0 atom stereocenters. The van der Waals surface area contributed by atoms with E-state index in [1.165, 1.54) is 25.5 Å². The molecule has 2 aliphatic carbocycles. The smallest absolute Gasteiger partial charge is 0.407 e. The van der Waals surface area contributed by atoms with Crippen molar-refractivity contribution >= 4 is 12.0 Å². The number of methoxy groups -OCH3 is 1. The van der Waals surface area contributed by atoms with Crippen LogP contribution in [0, 0.1) is 11.3 Å². The highest BCUT2D eigenvalue weighted by Gasteiger charge is 2.55. The Morgan fingerprint density at radius 1 is 1.21 bits per heavy atom. The molecule has 1 spiro atoms. The van der Waals surface area contributed by atoms with Gasteiger partial charge in [0.15, 0.2) is 0 Å². The highest BCUT2D eigenvalue weighted by atomic mass is 16.5. The summed E-state index contributed by atoms with van der Waals surface area (Å²) in [5.74, 6) is 1.02. The summed E-state index contributed by atoms with van der Waals surface area (Å²) in [4.78, 5) is 25.6. The van der Waals surface area contributed by atoms with Gasteiger partial charge in [-0.15, -0.1) is 0 Å². The highest BCUT2D eigenvalue weighted by molar-refractivity contribution is 5.81. The second kappa shape index (κ2) is 5.80. The number of rotatable bonds is 3. The molecule has 1 heterocycles. The molecule has 5 heteroatoms. The molecule has 1 N–H and O–H groups in total. The molecule has 130 valence electrons. The van der Waals surface area contributed by atoms with Crippen LogP contribution in [0.5, 0.6) is 0 Å². The fraction of sp³-hybridized carbons (Fsp3) is 0.579. The van der Waals surface area contributed by atoms with Crippen molar-refractivity contribution in [2.24, 2.45) is 11.3 Å². The molecular weight excluding hydrogens is 304 g/mol. The SMILES string of the molecule is COC(=O)NC1CC(C(=O)N2CC3(CC(c4ccccc4)C3)C2)C1.[HH]. The lowest BCUT2D eigenvalue weighted by Crippen LogP contribution is -2.65. The van der Waals surface area contributed by atoms with Gasteiger partial charge in [0.05, 0.1) is 7.11 Å². The Morgan fingerprint density at radius 3 is 2.50 bits per heavy atom. The number of nitrogens with one attached hydrogen (secondary N) is 1. The van der Waals surface area contributed by atoms with Crippen LogP contribution in [0.15, 0.2) is 30.3 Å². The van der Waals surface area contributed by atoms with Crippen LogP contribution in [-0.4, -0.2) is 43.1 Å². The van der Waals surface area contributed by atoms with Crippen LogP contribution >= 0.6 is 0 Å². The Labute approximate surface area is 143 Å². The van der Waals surface area contributed by atoms with Crippen molar-refractivity contribution in [2.75, 3.05) is 20.2 Å². The Bertz CT molecular complexity index is 631. The molecule has 0 bridgehead atoms. The first-order chi connectivity index (χ1) is 11.6. The van der Waals surface area contributed by atoms with E-state index in [4.69, 9.17) is 0 Å². The van der Waals surface area contributed by atoms with Gasteiger partial charge in [0.1, 0.15) is 0 Å². The van der Waals surface area contributed by atoms with Gasteiger partial charge in [-0.2, -0.15) is 0 Å². The first-order valence-electron chi connectivity index (χ1n) is 8.77. The van der Waals surface area contributed by atoms with Crippen LogP contribution in [0.3, 0.4) is 0 Å². The molecule has 2 saturated carbocycles. The van der Waals surface area contributed by atoms with Gasteiger partial charge in [-0.05, 0) is 37.2 Å². The predicted octanol–water partition coefficient (Wildman–Crippen LogP) is 2.77. The normalized spacial score (nSPS) is 27.6. The summed E-state index contributed by atoms with van der Waals surface area (Å²) in [5.41, 5.74) is 1.81. The lowest BCUT2D eigenvalue weighted by atomic mass is 9.56. The zero-order valence-corrected chi connectivity index (χ0v) is 14.0. The monoisotopic (exact) mass is 330 g/mol. The lowest BCUT2D eigenvalue weighted by molar-refractivity contribution is -0.159. The number of benzene rings is 1. The number of hydrogen-bond acceptors (Lipinski definition) is 3. The third kappa shape index (κ3) is 2.66. The number of hydrogen-bond donors (Lipinski definition) is 1. The van der Waals surface area contributed by atoms with Gasteiger partial charge < -0.3 is 15.0 Å². The average Bonchev–Trinajstić information content (AvgIpc) is 2.48. The van der Waals surface area contributed by atoms with Gasteiger partial charge in [0, 0.05) is 31.9 Å². The first kappa shape index (κ1) is 15.5. The molecule has 4 rings (SSSR count). The Balaban J connectivity index is 0.00000182. The van der Waals surface area contributed by atoms with Crippen LogP contribution in [0.2, 0.25) is 0 Å². The molecule has 3 fully saturated rings. The molecule has 1 saturated heterocycles. The summed E-state index contributed by atoms with van der Waals surface area (Å²) in [7, 11) is 1.36. The minimum absolute atomic E-state index is 0. The van der Waals surface area contributed by atoms with E-state index >= 15 is 0 Å². The summed E-state index contributed by atoms with van der Waals surface area (Å²) in [6.07, 6.45) is 3.49. The summed E-state index contributed by atoms with van der Waals surface area (Å²) in [6.45, 7) is 1.83. The number of alkyl carbamates (subject to hydrolysis) is 1. The van der Waals surface area contributed by atoms with E-state index < -0.39 is 6.09 Å². The average molecular weight is 330 g/mol. The molecule has 5 nitrogen and oxygen atoms in total. The summed E-state index contributed by atoms with van der Waals surface area (Å²) in [5, 5.41) is 2.76. The largest absolute Gasteiger partial charge is 0.453 e. The number of nitrogens with zero attached hydrogens (tertiary/aromatic N) is 1. The Kier molecular flexibility index (Phi) is 3.74. The molecule has 2 amide bonds. The minimum atomic E-state index is -0.407. The number of likely N-dealkylation sites (tertiary alicyclic amines) is 1. The Morgan fingerprint density at radius 2 is 1.88 bits per heavy atom. The van der Waals surface area contributed by atoms with E-state index in [1.807, 2.05) is 4.90 Å². The fourth-order valence-electron chi connectivity index (χ4n) is 4.55. The molecule has 3 aliphatic rings. The molecule has 1 aromatic carbocycles. The number of amides is 2. The van der Waals surface area contributed by atoms with E-state index in [-0.39, 0.29) is 19.3 Å². The van der Waals surface area contributed by atoms with E-state index in [0.29, 0.717) is 11.3 Å². The van der Waals surface area contributed by atoms with Crippen LogP contribution in [0.25, 0.3) is 0 Å². The summed E-state index contributed by atoms with van der Waals surface area (Å²) in [6, 6.07) is 10.8. The number of carbonyl (C=O) groups is 2. The van der Waals surface area contributed by atoms with Crippen LogP contribution in [-0.2, 0) is 9.53 Å². The third-order valence-corrected chi connectivity index (χ3v) is 5.99. The topological polar surface area (TPSA) is 58.6 Å². The number of carbonyl (C=O) groups excluding carboxylic acids is 2. The van der Waals surface area contributed by atoms with Gasteiger partial charge in [0.2, 0.25) is 5.91 Å². The zero-order chi connectivity index (χ0) is 16.7.